The number of nitrogens with one attached hydrogen (secondary N) is 1. The molecule has 2 aromatic rings. The first-order chi connectivity index (χ1) is 9.29. The topological polar surface area (TPSA) is 38.3 Å². The van der Waals surface area contributed by atoms with E-state index in [4.69, 9.17) is 4.74 Å². The van der Waals surface area contributed by atoms with Crippen molar-refractivity contribution in [2.75, 3.05) is 0 Å². The summed E-state index contributed by atoms with van der Waals surface area (Å²) in [6, 6.07) is 13.4. The van der Waals surface area contributed by atoms with Gasteiger partial charge >= 0.3 is 0 Å². The number of hydrogen-bond donors (Lipinski definition) is 1. The summed E-state index contributed by atoms with van der Waals surface area (Å²) in [4.78, 5) is 13.2. The van der Waals surface area contributed by atoms with Crippen LogP contribution in [0.5, 0.6) is 5.75 Å². The first kappa shape index (κ1) is 13.6. The van der Waals surface area contributed by atoms with Gasteiger partial charge in [0, 0.05) is 4.88 Å². The summed E-state index contributed by atoms with van der Waals surface area (Å²) in [5.74, 6) is 0.653. The van der Waals surface area contributed by atoms with Crippen LogP contribution in [-0.4, -0.2) is 12.0 Å². The van der Waals surface area contributed by atoms with E-state index in [1.165, 1.54) is 0 Å². The lowest BCUT2D eigenvalue weighted by Crippen LogP contribution is -2.37. The van der Waals surface area contributed by atoms with E-state index in [-0.39, 0.29) is 5.91 Å². The fourth-order valence-electron chi connectivity index (χ4n) is 1.69. The van der Waals surface area contributed by atoms with Gasteiger partial charge in [0.25, 0.3) is 5.91 Å². The Kier molecular flexibility index (Phi) is 4.98. The lowest BCUT2D eigenvalue weighted by molar-refractivity contribution is -0.128. The highest BCUT2D eigenvalue weighted by atomic mass is 32.1. The number of carbonyl (C=O) groups excluding carboxylic acids is 1. The molecule has 1 atom stereocenters. The van der Waals surface area contributed by atoms with Gasteiger partial charge in [-0.25, -0.2) is 0 Å². The lowest BCUT2D eigenvalue weighted by Gasteiger charge is -2.16. The van der Waals surface area contributed by atoms with Crippen molar-refractivity contribution in [3.63, 3.8) is 0 Å². The molecule has 0 bridgehead atoms. The summed E-state index contributed by atoms with van der Waals surface area (Å²) < 4.78 is 5.69. The summed E-state index contributed by atoms with van der Waals surface area (Å²) in [6.07, 6.45) is 0.202. The molecule has 1 aromatic heterocycles. The van der Waals surface area contributed by atoms with Crippen LogP contribution in [0.2, 0.25) is 0 Å². The third-order valence-electron chi connectivity index (χ3n) is 2.70. The molecule has 0 fully saturated rings. The van der Waals surface area contributed by atoms with Crippen LogP contribution in [0.1, 0.15) is 18.2 Å². The predicted molar refractivity (Wildman–Crippen MR) is 77.3 cm³/mol. The second-order valence-corrected chi connectivity index (χ2v) is 5.16. The van der Waals surface area contributed by atoms with Crippen LogP contribution in [0.4, 0.5) is 0 Å². The Bertz CT molecular complexity index is 496. The third-order valence-corrected chi connectivity index (χ3v) is 3.58. The van der Waals surface area contributed by atoms with Crippen molar-refractivity contribution in [2.45, 2.75) is 26.0 Å². The van der Waals surface area contributed by atoms with Gasteiger partial charge < -0.3 is 10.1 Å². The van der Waals surface area contributed by atoms with Crippen molar-refractivity contribution in [3.05, 3.63) is 52.7 Å². The summed E-state index contributed by atoms with van der Waals surface area (Å²) in [6.45, 7) is 2.50. The van der Waals surface area contributed by atoms with E-state index in [1.54, 1.807) is 11.3 Å². The summed E-state index contributed by atoms with van der Waals surface area (Å²) >= 11 is 1.63. The Morgan fingerprint density at radius 2 is 2.05 bits per heavy atom. The molecule has 2 rings (SSSR count). The van der Waals surface area contributed by atoms with Crippen LogP contribution < -0.4 is 10.1 Å². The van der Waals surface area contributed by atoms with Crippen molar-refractivity contribution in [1.29, 1.82) is 0 Å². The molecule has 0 saturated heterocycles. The van der Waals surface area contributed by atoms with E-state index in [0.29, 0.717) is 13.0 Å². The van der Waals surface area contributed by atoms with Crippen LogP contribution in [-0.2, 0) is 11.3 Å². The fourth-order valence-corrected chi connectivity index (χ4v) is 2.33. The summed E-state index contributed by atoms with van der Waals surface area (Å²) in [5, 5.41) is 4.90. The van der Waals surface area contributed by atoms with E-state index >= 15 is 0 Å². The van der Waals surface area contributed by atoms with Gasteiger partial charge in [-0.15, -0.1) is 11.3 Å². The highest BCUT2D eigenvalue weighted by molar-refractivity contribution is 7.09. The van der Waals surface area contributed by atoms with Gasteiger partial charge in [-0.3, -0.25) is 4.79 Å². The largest absolute Gasteiger partial charge is 0.481 e. The first-order valence-corrected chi connectivity index (χ1v) is 7.19. The number of rotatable bonds is 6. The molecule has 1 heterocycles. The van der Waals surface area contributed by atoms with E-state index in [0.717, 1.165) is 10.6 Å². The second-order valence-electron chi connectivity index (χ2n) is 4.12. The normalized spacial score (nSPS) is 11.8. The van der Waals surface area contributed by atoms with Crippen LogP contribution in [0, 0.1) is 0 Å². The average Bonchev–Trinajstić information content (AvgIpc) is 2.96. The minimum Gasteiger partial charge on any atom is -0.481 e. The van der Waals surface area contributed by atoms with Crippen molar-refractivity contribution in [2.24, 2.45) is 0 Å². The van der Waals surface area contributed by atoms with Crippen LogP contribution in [0.25, 0.3) is 0 Å². The summed E-state index contributed by atoms with van der Waals surface area (Å²) in [7, 11) is 0. The molecule has 1 aromatic carbocycles. The number of benzene rings is 1. The molecule has 100 valence electrons. The third kappa shape index (κ3) is 4.10. The Labute approximate surface area is 117 Å². The van der Waals surface area contributed by atoms with Gasteiger partial charge in [0.1, 0.15) is 5.75 Å². The summed E-state index contributed by atoms with van der Waals surface area (Å²) in [5.41, 5.74) is 0. The van der Waals surface area contributed by atoms with Gasteiger partial charge in [0.2, 0.25) is 0 Å². The predicted octanol–water partition coefficient (Wildman–Crippen LogP) is 3.22. The molecule has 0 spiro atoms. The molecule has 0 saturated carbocycles. The highest BCUT2D eigenvalue weighted by Gasteiger charge is 2.17. The smallest absolute Gasteiger partial charge is 0.261 e. The molecule has 19 heavy (non-hydrogen) atoms. The molecular formula is C15H17NO2S. The number of amides is 1. The Morgan fingerprint density at radius 1 is 1.26 bits per heavy atom. The Hall–Kier alpha value is -1.81. The molecule has 3 nitrogen and oxygen atoms in total. The second kappa shape index (κ2) is 6.95. The van der Waals surface area contributed by atoms with Crippen molar-refractivity contribution >= 4 is 17.2 Å². The van der Waals surface area contributed by atoms with E-state index in [2.05, 4.69) is 5.32 Å². The highest BCUT2D eigenvalue weighted by Crippen LogP contribution is 2.13. The number of hydrogen-bond acceptors (Lipinski definition) is 3. The van der Waals surface area contributed by atoms with Crippen LogP contribution in [0.15, 0.2) is 47.8 Å². The molecule has 0 unspecified atom stereocenters. The fraction of sp³-hybridized carbons (Fsp3) is 0.267. The molecule has 4 heteroatoms. The number of para-hydroxylation sites is 1. The minimum absolute atomic E-state index is 0.0697. The maximum Gasteiger partial charge on any atom is 0.261 e. The van der Waals surface area contributed by atoms with Crippen molar-refractivity contribution < 1.29 is 9.53 Å². The van der Waals surface area contributed by atoms with Crippen molar-refractivity contribution in [3.8, 4) is 5.75 Å². The maximum atomic E-state index is 12.0. The van der Waals surface area contributed by atoms with Crippen LogP contribution in [0.3, 0.4) is 0 Å². The Morgan fingerprint density at radius 3 is 2.68 bits per heavy atom. The maximum absolute atomic E-state index is 12.0. The van der Waals surface area contributed by atoms with Gasteiger partial charge in [-0.1, -0.05) is 31.2 Å². The van der Waals surface area contributed by atoms with Crippen LogP contribution >= 0.6 is 11.3 Å². The average molecular weight is 275 g/mol. The van der Waals surface area contributed by atoms with Gasteiger partial charge in [-0.2, -0.15) is 0 Å². The first-order valence-electron chi connectivity index (χ1n) is 6.31. The van der Waals surface area contributed by atoms with Crippen molar-refractivity contribution in [1.82, 2.24) is 5.32 Å². The monoisotopic (exact) mass is 275 g/mol. The number of thiophene rings is 1. The minimum atomic E-state index is -0.442. The zero-order valence-corrected chi connectivity index (χ0v) is 11.7. The molecule has 0 aliphatic rings. The lowest BCUT2D eigenvalue weighted by atomic mass is 10.2. The van der Waals surface area contributed by atoms with E-state index < -0.39 is 6.10 Å². The molecule has 0 radical (unpaired) electrons. The van der Waals surface area contributed by atoms with Gasteiger partial charge in [0.15, 0.2) is 6.10 Å². The van der Waals surface area contributed by atoms with E-state index in [1.807, 2.05) is 54.8 Å². The SMILES string of the molecule is CC[C@H](Oc1ccccc1)C(=O)NCc1cccs1. The number of carbonyl (C=O) groups is 1. The van der Waals surface area contributed by atoms with Gasteiger partial charge in [-0.05, 0) is 30.0 Å². The zero-order chi connectivity index (χ0) is 13.5. The number of ether oxygens (including phenoxy) is 1. The quantitative estimate of drug-likeness (QED) is 0.879. The van der Waals surface area contributed by atoms with Gasteiger partial charge in [0.05, 0.1) is 6.54 Å². The molecular weight excluding hydrogens is 258 g/mol. The molecule has 0 aliphatic carbocycles. The zero-order valence-electron chi connectivity index (χ0n) is 10.8. The molecule has 0 aliphatic heterocycles. The molecule has 1 amide bonds. The Balaban J connectivity index is 1.88. The standard InChI is InChI=1S/C15H17NO2S/c1-2-14(18-12-7-4-3-5-8-12)15(17)16-11-13-9-6-10-19-13/h3-10,14H,2,11H2,1H3,(H,16,17)/t14-/m0/s1. The van der Waals surface area contributed by atoms with E-state index in [9.17, 15) is 4.79 Å². The molecule has 1 N–H and O–H groups in total.